The van der Waals surface area contributed by atoms with E-state index in [1.54, 1.807) is 33.3 Å². The van der Waals surface area contributed by atoms with Crippen LogP contribution in [0.15, 0.2) is 18.2 Å². The summed E-state index contributed by atoms with van der Waals surface area (Å²) >= 11 is -1.85. The first kappa shape index (κ1) is 61.6. The van der Waals surface area contributed by atoms with Crippen LogP contribution in [-0.4, -0.2) is 26.2 Å². The van der Waals surface area contributed by atoms with Gasteiger partial charge in [0.1, 0.15) is 13.1 Å². The van der Waals surface area contributed by atoms with Gasteiger partial charge in [0, 0.05) is 12.0 Å². The summed E-state index contributed by atoms with van der Waals surface area (Å²) in [5.74, 6) is 6.66. The lowest BCUT2D eigenvalue weighted by Gasteiger charge is -2.45. The fraction of sp³-hybridized carbons (Fsp3) is 0.897. The minimum Gasteiger partial charge on any atom is -0.300 e. The standard InChI is InChI=1S/C14H21F2N.4C11H23.Al/c1-4-7-11(3)10-17(5-2)13-9-6-8-12(15)14(13)16;4*1-5-7-11(6-2)9-8-10(3)4;/h6,8-9,11H,4-5,7,10H2,1-3H3;4*10-11H,3,5-9H2,1-2,4H3;/q;;;;;-1/p+1. The van der Waals surface area contributed by atoms with Gasteiger partial charge in [0.05, 0.1) is 13.1 Å². The molecule has 4 heteroatoms. The molecule has 0 fully saturated rings. The van der Waals surface area contributed by atoms with Crippen LogP contribution in [0.1, 0.15) is 245 Å². The molecule has 0 aromatic heterocycles. The Bertz CT molecular complexity index is 1050. The van der Waals surface area contributed by atoms with E-state index in [0.717, 1.165) is 78.2 Å². The molecule has 0 aliphatic carbocycles. The number of halogens is 2. The molecule has 0 saturated heterocycles. The summed E-state index contributed by atoms with van der Waals surface area (Å²) in [4.78, 5) is 1.02. The topological polar surface area (TPSA) is 4.44 Å². The zero-order chi connectivity index (χ0) is 46.9. The second-order valence-corrected chi connectivity index (χ2v) is 27.7. The van der Waals surface area contributed by atoms with Crippen molar-refractivity contribution in [2.24, 2.45) is 53.3 Å². The Morgan fingerprint density at radius 2 is 0.742 bits per heavy atom. The van der Waals surface area contributed by atoms with Crippen LogP contribution < -0.4 is 4.90 Å². The Hall–Kier alpha value is -0.428. The summed E-state index contributed by atoms with van der Waals surface area (Å²) in [6, 6.07) is 4.42. The van der Waals surface area contributed by atoms with Gasteiger partial charge in [-0.2, -0.15) is 25.5 Å². The minimum atomic E-state index is -1.85. The minimum absolute atomic E-state index is 0.454. The lowest BCUT2D eigenvalue weighted by atomic mass is 9.92. The van der Waals surface area contributed by atoms with Gasteiger partial charge in [-0.1, -0.05) is 262 Å². The summed E-state index contributed by atoms with van der Waals surface area (Å²) in [5.41, 5.74) is 0.454. The summed E-state index contributed by atoms with van der Waals surface area (Å²) in [6.45, 7) is 38.1. The molecule has 1 nitrogen and oxygen atoms in total. The molecule has 1 aromatic carbocycles. The average Bonchev–Trinajstić information content (AvgIpc) is 3.24. The first-order valence-corrected chi connectivity index (χ1v) is 31.4. The van der Waals surface area contributed by atoms with E-state index >= 15 is 0 Å². The van der Waals surface area contributed by atoms with Gasteiger partial charge >= 0.3 is 0 Å². The molecule has 0 aliphatic heterocycles. The van der Waals surface area contributed by atoms with Gasteiger partial charge < -0.3 is 0 Å². The third kappa shape index (κ3) is 27.3. The maximum atomic E-state index is 13.7. The first-order chi connectivity index (χ1) is 29.6. The van der Waals surface area contributed by atoms with E-state index in [4.69, 9.17) is 0 Å². The molecule has 10 unspecified atom stereocenters. The van der Waals surface area contributed by atoms with Crippen LogP contribution in [0.3, 0.4) is 0 Å². The van der Waals surface area contributed by atoms with Crippen LogP contribution in [0.4, 0.5) is 14.5 Å². The van der Waals surface area contributed by atoms with Gasteiger partial charge in [0.25, 0.3) is 0 Å². The lowest BCUT2D eigenvalue weighted by Crippen LogP contribution is -3.07. The van der Waals surface area contributed by atoms with Crippen LogP contribution in [0.2, 0.25) is 21.1 Å². The zero-order valence-electron chi connectivity index (χ0n) is 45.1. The average molecular weight is 891 g/mol. The Kier molecular flexibility index (Phi) is 37.4. The van der Waals surface area contributed by atoms with Gasteiger partial charge in [-0.15, -0.1) is 0 Å². The fourth-order valence-corrected chi connectivity index (χ4v) is 21.6. The molecule has 1 N–H and O–H groups in total. The van der Waals surface area contributed by atoms with Gasteiger partial charge in [0.2, 0.25) is 5.82 Å². The normalized spacial score (nSPS) is 17.8. The van der Waals surface area contributed by atoms with Gasteiger partial charge in [-0.3, -0.25) is 4.90 Å². The van der Waals surface area contributed by atoms with Gasteiger partial charge in [0.15, 0.2) is 11.5 Å². The molecule has 0 radical (unpaired) electrons. The number of benzene rings is 1. The number of rotatable bonds is 38. The smallest absolute Gasteiger partial charge is 0.219 e. The Morgan fingerprint density at radius 3 is 1.02 bits per heavy atom. The van der Waals surface area contributed by atoms with E-state index in [2.05, 4.69) is 96.9 Å². The van der Waals surface area contributed by atoms with E-state index in [1.807, 2.05) is 6.92 Å². The summed E-state index contributed by atoms with van der Waals surface area (Å²) in [7, 11) is 0. The highest BCUT2D eigenvalue weighted by Gasteiger charge is 2.35. The highest BCUT2D eigenvalue weighted by Crippen LogP contribution is 2.43. The number of nitrogens with one attached hydrogen (secondary N) is 1. The van der Waals surface area contributed by atoms with Crippen LogP contribution in [-0.2, 0) is 0 Å². The summed E-state index contributed by atoms with van der Waals surface area (Å²) in [6.07, 6.45) is 31.0. The van der Waals surface area contributed by atoms with Crippen molar-refractivity contribution in [3.05, 3.63) is 29.8 Å². The molecular formula is C58H114AlF2N. The van der Waals surface area contributed by atoms with Crippen LogP contribution in [0.25, 0.3) is 0 Å². The van der Waals surface area contributed by atoms with Crippen molar-refractivity contribution < 1.29 is 13.7 Å². The Labute approximate surface area is 393 Å². The molecule has 1 rings (SSSR count). The molecule has 0 heterocycles. The predicted molar refractivity (Wildman–Crippen MR) is 280 cm³/mol. The van der Waals surface area contributed by atoms with Crippen LogP contribution >= 0.6 is 0 Å². The SMILES string of the molecule is CCCC(C)C[NH+](CC)c1cccc(F)c1F.CCCC(CC)CCC(C)[CH2][Al-]([CH2]C(C)CCC(CC)CCC)([CH2]C(C)CCC(CC)CCC)[CH2]C(C)CCC(CC)CCC. The predicted octanol–water partition coefficient (Wildman–Crippen LogP) is 19.3. The monoisotopic (exact) mass is 890 g/mol. The third-order valence-corrected chi connectivity index (χ3v) is 23.3. The summed E-state index contributed by atoms with van der Waals surface area (Å²) < 4.78 is 26.9. The second kappa shape index (κ2) is 37.6. The maximum absolute atomic E-state index is 13.7. The van der Waals surface area contributed by atoms with Crippen molar-refractivity contribution in [3.8, 4) is 0 Å². The largest absolute Gasteiger partial charge is 0.300 e. The van der Waals surface area contributed by atoms with Crippen LogP contribution in [0, 0.1) is 64.9 Å². The van der Waals surface area contributed by atoms with E-state index < -0.39 is 24.7 Å². The molecule has 10 atom stereocenters. The molecule has 368 valence electrons. The van der Waals surface area contributed by atoms with Crippen molar-refractivity contribution >= 4 is 18.8 Å². The van der Waals surface area contributed by atoms with Crippen molar-refractivity contribution in [1.29, 1.82) is 0 Å². The highest BCUT2D eigenvalue weighted by atomic mass is 27.2. The van der Waals surface area contributed by atoms with E-state index in [9.17, 15) is 8.78 Å². The van der Waals surface area contributed by atoms with Crippen molar-refractivity contribution in [1.82, 2.24) is 0 Å². The van der Waals surface area contributed by atoms with Crippen molar-refractivity contribution in [3.63, 3.8) is 0 Å². The van der Waals surface area contributed by atoms with Crippen LogP contribution in [0.5, 0.6) is 0 Å². The molecule has 62 heavy (non-hydrogen) atoms. The maximum Gasteiger partial charge on any atom is 0.219 e. The molecule has 0 spiro atoms. The van der Waals surface area contributed by atoms with E-state index in [1.165, 1.54) is 134 Å². The molecule has 1 aromatic rings. The molecular weight excluding hydrogens is 776 g/mol. The van der Waals surface area contributed by atoms with E-state index in [0.29, 0.717) is 11.6 Å². The molecule has 0 amide bonds. The third-order valence-electron chi connectivity index (χ3n) is 16.1. The van der Waals surface area contributed by atoms with Crippen molar-refractivity contribution in [2.75, 3.05) is 13.1 Å². The quantitative estimate of drug-likeness (QED) is 0.0631. The summed E-state index contributed by atoms with van der Waals surface area (Å²) in [5, 5.41) is 6.61. The lowest BCUT2D eigenvalue weighted by molar-refractivity contribution is -0.835. The number of hydrogen-bond donors (Lipinski definition) is 1. The Balaban J connectivity index is 0.00000181. The fourth-order valence-electron chi connectivity index (χ4n) is 12.6. The van der Waals surface area contributed by atoms with E-state index in [-0.39, 0.29) is 0 Å². The number of quaternary nitrogens is 1. The number of hydrogen-bond acceptors (Lipinski definition) is 0. The Morgan fingerprint density at radius 1 is 0.419 bits per heavy atom. The van der Waals surface area contributed by atoms with Gasteiger partial charge in [-0.05, 0) is 43.1 Å². The first-order valence-electron chi connectivity index (χ1n) is 28.2. The molecule has 0 bridgehead atoms. The highest BCUT2D eigenvalue weighted by molar-refractivity contribution is 6.80. The second-order valence-electron chi connectivity index (χ2n) is 22.3. The molecule has 0 saturated carbocycles. The van der Waals surface area contributed by atoms with Gasteiger partial charge in [-0.25, -0.2) is 4.39 Å². The molecule has 0 aliphatic rings. The zero-order valence-corrected chi connectivity index (χ0v) is 46.2. The van der Waals surface area contributed by atoms with Crippen molar-refractivity contribution in [2.45, 2.75) is 266 Å².